The lowest BCUT2D eigenvalue weighted by Gasteiger charge is -2.17. The Morgan fingerprint density at radius 3 is 1.23 bits per heavy atom. The van der Waals surface area contributed by atoms with Crippen LogP contribution in [-0.2, 0) is 4.79 Å². The molecule has 0 aliphatic carbocycles. The highest BCUT2D eigenvalue weighted by Gasteiger charge is 2.17. The van der Waals surface area contributed by atoms with Crippen molar-refractivity contribution in [1.29, 1.82) is 0 Å². The summed E-state index contributed by atoms with van der Waals surface area (Å²) in [5.41, 5.74) is 0. The molecule has 0 spiro atoms. The van der Waals surface area contributed by atoms with Crippen LogP contribution in [-0.4, -0.2) is 47.0 Å². The summed E-state index contributed by atoms with van der Waals surface area (Å²) in [5.74, 6) is -0.857. The molecule has 0 aromatic heterocycles. The third-order valence-electron chi connectivity index (χ3n) is 7.44. The summed E-state index contributed by atoms with van der Waals surface area (Å²) in [7, 11) is 0. The number of carbonyl (C=O) groups is 1. The largest absolute Gasteiger partial charge is 0.480 e. The van der Waals surface area contributed by atoms with E-state index in [1.165, 1.54) is 116 Å². The second kappa shape index (κ2) is 30.8. The molecular formula is C32H64N4O2S2. The Kier molecular flexibility index (Phi) is 29.9. The molecule has 0 fully saturated rings. The Morgan fingerprint density at radius 2 is 0.850 bits per heavy atom. The van der Waals surface area contributed by atoms with Crippen molar-refractivity contribution in [2.24, 2.45) is 0 Å². The molecule has 1 atom stereocenters. The van der Waals surface area contributed by atoms with Crippen molar-refractivity contribution in [3.05, 3.63) is 0 Å². The minimum atomic E-state index is -0.857. The summed E-state index contributed by atoms with van der Waals surface area (Å²) >= 11 is 10.7. The maximum absolute atomic E-state index is 11.7. The number of nitrogens with one attached hydrogen (secondary N) is 4. The molecule has 236 valence electrons. The summed E-state index contributed by atoms with van der Waals surface area (Å²) in [6, 6.07) is -0.658. The molecule has 0 unspecified atom stereocenters. The molecule has 0 saturated heterocycles. The van der Waals surface area contributed by atoms with Crippen molar-refractivity contribution in [2.75, 3.05) is 19.6 Å². The van der Waals surface area contributed by atoms with Crippen molar-refractivity contribution in [3.8, 4) is 0 Å². The number of aliphatic carboxylic acids is 1. The van der Waals surface area contributed by atoms with Gasteiger partial charge in [0.15, 0.2) is 10.2 Å². The summed E-state index contributed by atoms with van der Waals surface area (Å²) in [6.07, 6.45) is 28.5. The number of hydrogen-bond donors (Lipinski definition) is 5. The van der Waals surface area contributed by atoms with Gasteiger partial charge in [-0.1, -0.05) is 129 Å². The molecule has 0 amide bonds. The highest BCUT2D eigenvalue weighted by molar-refractivity contribution is 7.80. The Balaban J connectivity index is 3.64. The van der Waals surface area contributed by atoms with Crippen LogP contribution < -0.4 is 21.3 Å². The Morgan fingerprint density at radius 1 is 0.525 bits per heavy atom. The summed E-state index contributed by atoms with van der Waals surface area (Å²) < 4.78 is 0. The van der Waals surface area contributed by atoms with Crippen LogP contribution in [0.5, 0.6) is 0 Å². The first kappa shape index (κ1) is 38.9. The maximum atomic E-state index is 11.7. The van der Waals surface area contributed by atoms with E-state index in [4.69, 9.17) is 24.4 Å². The maximum Gasteiger partial charge on any atom is 0.326 e. The van der Waals surface area contributed by atoms with E-state index in [0.717, 1.165) is 45.3 Å². The highest BCUT2D eigenvalue weighted by Crippen LogP contribution is 2.11. The summed E-state index contributed by atoms with van der Waals surface area (Å²) in [6.45, 7) is 6.98. The number of carboxylic acid groups (broad SMARTS) is 1. The molecule has 0 aromatic rings. The molecule has 5 N–H and O–H groups in total. The Bertz CT molecular complexity index is 607. The third kappa shape index (κ3) is 28.4. The first-order valence-corrected chi connectivity index (χ1v) is 17.6. The minimum Gasteiger partial charge on any atom is -0.480 e. The van der Waals surface area contributed by atoms with E-state index < -0.39 is 12.0 Å². The van der Waals surface area contributed by atoms with Crippen molar-refractivity contribution >= 4 is 40.6 Å². The number of hydrogen-bond acceptors (Lipinski definition) is 3. The summed E-state index contributed by atoms with van der Waals surface area (Å²) in [5, 5.41) is 23.4. The second-order valence-corrected chi connectivity index (χ2v) is 12.1. The van der Waals surface area contributed by atoms with Gasteiger partial charge in [-0.15, -0.1) is 0 Å². The smallest absolute Gasteiger partial charge is 0.326 e. The van der Waals surface area contributed by atoms with Crippen molar-refractivity contribution < 1.29 is 9.90 Å². The molecule has 8 heteroatoms. The number of thiocarbonyl (C=S) groups is 2. The standard InChI is InChI=1S/C32H64N4O2S2/c1-3-5-7-9-11-13-15-17-19-22-26-33-31(39)34-28-24-21-25-29(30(37)38)36-32(40)35-27-23-20-18-16-14-12-10-8-6-4-2/h29H,3-28H2,1-2H3,(H,37,38)(H2,33,34,39)(H2,35,36,40)/t29-/m0/s1. The van der Waals surface area contributed by atoms with Crippen LogP contribution in [0.25, 0.3) is 0 Å². The van der Waals surface area contributed by atoms with Gasteiger partial charge in [0.05, 0.1) is 0 Å². The van der Waals surface area contributed by atoms with Gasteiger partial charge in [0.2, 0.25) is 0 Å². The zero-order valence-corrected chi connectivity index (χ0v) is 27.8. The van der Waals surface area contributed by atoms with Crippen molar-refractivity contribution in [1.82, 2.24) is 21.3 Å². The van der Waals surface area contributed by atoms with Gasteiger partial charge in [-0.3, -0.25) is 0 Å². The van der Waals surface area contributed by atoms with Crippen LogP contribution >= 0.6 is 24.4 Å². The molecule has 0 aliphatic rings. The topological polar surface area (TPSA) is 85.4 Å². The van der Waals surface area contributed by atoms with Gasteiger partial charge in [-0.25, -0.2) is 4.79 Å². The SMILES string of the molecule is CCCCCCCCCCCCNC(=S)NCCCC[C@H](NC(=S)NCCCCCCCCCCCC)C(=O)O. The van der Waals surface area contributed by atoms with E-state index in [2.05, 4.69) is 35.1 Å². The first-order chi connectivity index (χ1) is 19.5. The van der Waals surface area contributed by atoms with Crippen LogP contribution in [0.15, 0.2) is 0 Å². The normalized spacial score (nSPS) is 11.7. The molecule has 40 heavy (non-hydrogen) atoms. The highest BCUT2D eigenvalue weighted by atomic mass is 32.1. The predicted octanol–water partition coefficient (Wildman–Crippen LogP) is 8.38. The lowest BCUT2D eigenvalue weighted by atomic mass is 10.1. The van der Waals surface area contributed by atoms with Gasteiger partial charge >= 0.3 is 5.97 Å². The van der Waals surface area contributed by atoms with Gasteiger partial charge in [0.25, 0.3) is 0 Å². The molecule has 0 bridgehead atoms. The van der Waals surface area contributed by atoms with E-state index in [0.29, 0.717) is 16.6 Å². The Hall–Kier alpha value is -1.15. The lowest BCUT2D eigenvalue weighted by Crippen LogP contribution is -2.46. The van der Waals surface area contributed by atoms with E-state index in [1.54, 1.807) is 0 Å². The van der Waals surface area contributed by atoms with Crippen molar-refractivity contribution in [3.63, 3.8) is 0 Å². The molecule has 0 aromatic carbocycles. The number of carboxylic acids is 1. The quantitative estimate of drug-likeness (QED) is 0.0432. The third-order valence-corrected chi connectivity index (χ3v) is 7.99. The fourth-order valence-corrected chi connectivity index (χ4v) is 5.28. The molecule has 0 rings (SSSR count). The van der Waals surface area contributed by atoms with Gasteiger partial charge in [0.1, 0.15) is 6.04 Å². The summed E-state index contributed by atoms with van der Waals surface area (Å²) in [4.78, 5) is 11.7. The van der Waals surface area contributed by atoms with E-state index in [9.17, 15) is 9.90 Å². The second-order valence-electron chi connectivity index (χ2n) is 11.3. The van der Waals surface area contributed by atoms with Gasteiger partial charge in [0, 0.05) is 19.6 Å². The zero-order valence-electron chi connectivity index (χ0n) is 26.1. The minimum absolute atomic E-state index is 0.443. The predicted molar refractivity (Wildman–Crippen MR) is 181 cm³/mol. The van der Waals surface area contributed by atoms with Crippen LogP contribution in [0.4, 0.5) is 0 Å². The fourth-order valence-electron chi connectivity index (χ4n) is 4.83. The van der Waals surface area contributed by atoms with Gasteiger partial charge in [-0.2, -0.15) is 0 Å². The van der Waals surface area contributed by atoms with Crippen LogP contribution in [0.2, 0.25) is 0 Å². The number of rotatable bonds is 29. The van der Waals surface area contributed by atoms with Crippen molar-refractivity contribution in [2.45, 2.75) is 168 Å². The van der Waals surface area contributed by atoms with Crippen LogP contribution in [0.3, 0.4) is 0 Å². The lowest BCUT2D eigenvalue weighted by molar-refractivity contribution is -0.139. The molecule has 0 saturated carbocycles. The van der Waals surface area contributed by atoms with Crippen LogP contribution in [0.1, 0.15) is 162 Å². The monoisotopic (exact) mass is 600 g/mol. The van der Waals surface area contributed by atoms with E-state index in [-0.39, 0.29) is 0 Å². The zero-order chi connectivity index (χ0) is 29.5. The number of unbranched alkanes of at least 4 members (excludes halogenated alkanes) is 19. The fraction of sp³-hybridized carbons (Fsp3) is 0.906. The molecule has 0 aliphatic heterocycles. The van der Waals surface area contributed by atoms with Gasteiger partial charge < -0.3 is 26.4 Å². The van der Waals surface area contributed by atoms with E-state index in [1.807, 2.05) is 0 Å². The molecular weight excluding hydrogens is 537 g/mol. The van der Waals surface area contributed by atoms with E-state index >= 15 is 0 Å². The van der Waals surface area contributed by atoms with Gasteiger partial charge in [-0.05, 0) is 56.5 Å². The average molecular weight is 601 g/mol. The molecule has 0 heterocycles. The first-order valence-electron chi connectivity index (χ1n) is 16.8. The average Bonchev–Trinajstić information content (AvgIpc) is 2.93. The van der Waals surface area contributed by atoms with Crippen LogP contribution in [0, 0.1) is 0 Å². The molecule has 6 nitrogen and oxygen atoms in total. The molecule has 0 radical (unpaired) electrons. The Labute approximate surface area is 258 Å².